The molecule has 2 aliphatic rings. The molecule has 0 aromatic heterocycles. The van der Waals surface area contributed by atoms with E-state index < -0.39 is 0 Å². The third kappa shape index (κ3) is 2.65. The van der Waals surface area contributed by atoms with Gasteiger partial charge in [0.25, 0.3) is 0 Å². The van der Waals surface area contributed by atoms with Crippen molar-refractivity contribution < 1.29 is 4.79 Å². The Balaban J connectivity index is 1.68. The molecular weight excluding hydrogens is 256 g/mol. The van der Waals surface area contributed by atoms with Crippen molar-refractivity contribution in [3.05, 3.63) is 29.8 Å². The molecule has 0 bridgehead atoms. The number of nitrogens with one attached hydrogen (secondary N) is 2. The number of hydrogen-bond acceptors (Lipinski definition) is 3. The van der Waals surface area contributed by atoms with Crippen LogP contribution in [0.1, 0.15) is 31.2 Å². The van der Waals surface area contributed by atoms with Crippen LogP contribution in [0.3, 0.4) is 0 Å². The quantitative estimate of drug-likeness (QED) is 0.869. The number of carbonyl (C=O) groups excluding carboxylic acids is 1. The topological polar surface area (TPSA) is 41.1 Å². The van der Waals surface area contributed by atoms with Crippen LogP contribution in [0.2, 0.25) is 0 Å². The van der Waals surface area contributed by atoms with E-state index in [-0.39, 0.29) is 17.9 Å². The van der Waals surface area contributed by atoms with E-state index >= 15 is 0 Å². The van der Waals surface area contributed by atoms with Crippen molar-refractivity contribution in [2.75, 3.05) is 12.3 Å². The Morgan fingerprint density at radius 3 is 3.11 bits per heavy atom. The fourth-order valence-corrected chi connectivity index (χ4v) is 4.13. The maximum absolute atomic E-state index is 12.5. The van der Waals surface area contributed by atoms with Gasteiger partial charge in [-0.15, -0.1) is 11.8 Å². The highest BCUT2D eigenvalue weighted by Gasteiger charge is 2.31. The second-order valence-corrected chi connectivity index (χ2v) is 6.46. The zero-order chi connectivity index (χ0) is 13.2. The van der Waals surface area contributed by atoms with Crippen molar-refractivity contribution >= 4 is 17.7 Å². The van der Waals surface area contributed by atoms with Gasteiger partial charge in [0.15, 0.2) is 0 Å². The van der Waals surface area contributed by atoms with E-state index in [1.54, 1.807) is 11.8 Å². The molecule has 102 valence electrons. The lowest BCUT2D eigenvalue weighted by molar-refractivity contribution is -0.123. The van der Waals surface area contributed by atoms with Crippen molar-refractivity contribution in [2.24, 2.45) is 0 Å². The summed E-state index contributed by atoms with van der Waals surface area (Å²) < 4.78 is 0. The first-order valence-electron chi connectivity index (χ1n) is 7.01. The van der Waals surface area contributed by atoms with Gasteiger partial charge in [-0.25, -0.2) is 0 Å². The average molecular weight is 276 g/mol. The van der Waals surface area contributed by atoms with Crippen molar-refractivity contribution in [3.63, 3.8) is 0 Å². The Morgan fingerprint density at radius 2 is 2.26 bits per heavy atom. The lowest BCUT2D eigenvalue weighted by atomic mass is 9.96. The zero-order valence-electron chi connectivity index (χ0n) is 11.2. The second-order valence-electron chi connectivity index (χ2n) is 5.40. The van der Waals surface area contributed by atoms with E-state index in [1.807, 2.05) is 12.1 Å². The number of piperidine rings is 1. The van der Waals surface area contributed by atoms with Crippen molar-refractivity contribution in [1.29, 1.82) is 0 Å². The molecule has 3 rings (SSSR count). The predicted octanol–water partition coefficient (Wildman–Crippen LogP) is 2.13. The normalized spacial score (nSPS) is 29.8. The van der Waals surface area contributed by atoms with Crippen molar-refractivity contribution in [2.45, 2.75) is 42.7 Å². The summed E-state index contributed by atoms with van der Waals surface area (Å²) in [6.45, 7) is 3.22. The van der Waals surface area contributed by atoms with Crippen LogP contribution in [0, 0.1) is 0 Å². The van der Waals surface area contributed by atoms with E-state index in [4.69, 9.17) is 0 Å². The number of fused-ring (bicyclic) bond motifs is 1. The first kappa shape index (κ1) is 13.0. The summed E-state index contributed by atoms with van der Waals surface area (Å²) in [5.74, 6) is 1.09. The van der Waals surface area contributed by atoms with E-state index in [0.29, 0.717) is 6.04 Å². The number of hydrogen-bond donors (Lipinski definition) is 2. The minimum Gasteiger partial charge on any atom is -0.351 e. The van der Waals surface area contributed by atoms with Crippen LogP contribution in [-0.4, -0.2) is 30.3 Å². The van der Waals surface area contributed by atoms with Crippen LogP contribution in [0.4, 0.5) is 0 Å². The molecule has 3 atom stereocenters. The summed E-state index contributed by atoms with van der Waals surface area (Å²) in [6.07, 6.45) is 2.23. The third-order valence-electron chi connectivity index (χ3n) is 4.11. The van der Waals surface area contributed by atoms with E-state index in [1.165, 1.54) is 10.5 Å². The van der Waals surface area contributed by atoms with Crippen LogP contribution in [-0.2, 0) is 4.79 Å². The van der Waals surface area contributed by atoms with Crippen LogP contribution >= 0.6 is 11.8 Å². The summed E-state index contributed by atoms with van der Waals surface area (Å²) in [5, 5.41) is 6.66. The van der Waals surface area contributed by atoms with Crippen LogP contribution in [0.15, 0.2) is 29.2 Å². The number of amides is 1. The Bertz CT molecular complexity index is 477. The molecule has 1 aromatic carbocycles. The molecule has 2 heterocycles. The minimum atomic E-state index is 0.0235. The fraction of sp³-hybridized carbons (Fsp3) is 0.533. The molecule has 2 N–H and O–H groups in total. The molecule has 2 aliphatic heterocycles. The molecule has 0 saturated carbocycles. The molecule has 0 aliphatic carbocycles. The van der Waals surface area contributed by atoms with E-state index in [0.717, 1.165) is 25.1 Å². The smallest absolute Gasteiger partial charge is 0.228 e. The fourth-order valence-electron chi connectivity index (χ4n) is 2.90. The number of carbonyl (C=O) groups is 1. The first-order chi connectivity index (χ1) is 9.25. The van der Waals surface area contributed by atoms with Crippen LogP contribution in [0.25, 0.3) is 0 Å². The predicted molar refractivity (Wildman–Crippen MR) is 78.5 cm³/mol. The minimum absolute atomic E-state index is 0.0235. The van der Waals surface area contributed by atoms with Gasteiger partial charge in [0.2, 0.25) is 5.91 Å². The van der Waals surface area contributed by atoms with Crippen molar-refractivity contribution in [1.82, 2.24) is 10.6 Å². The lowest BCUT2D eigenvalue weighted by Crippen LogP contribution is -2.52. The van der Waals surface area contributed by atoms with Crippen LogP contribution in [0.5, 0.6) is 0 Å². The Hall–Kier alpha value is -1.00. The third-order valence-corrected chi connectivity index (χ3v) is 5.29. The van der Waals surface area contributed by atoms with Gasteiger partial charge in [-0.1, -0.05) is 18.2 Å². The molecule has 1 fully saturated rings. The molecule has 3 nitrogen and oxygen atoms in total. The van der Waals surface area contributed by atoms with E-state index in [9.17, 15) is 4.79 Å². The number of benzene rings is 1. The molecular formula is C15H20N2OS. The van der Waals surface area contributed by atoms with Crippen molar-refractivity contribution in [3.8, 4) is 0 Å². The summed E-state index contributed by atoms with van der Waals surface area (Å²) in [6, 6.07) is 8.91. The van der Waals surface area contributed by atoms with Gasteiger partial charge in [0, 0.05) is 22.7 Å². The molecule has 4 heteroatoms. The number of rotatable bonds is 2. The maximum Gasteiger partial charge on any atom is 0.228 e. The van der Waals surface area contributed by atoms with Gasteiger partial charge >= 0.3 is 0 Å². The Kier molecular flexibility index (Phi) is 3.80. The molecule has 0 radical (unpaired) electrons. The molecule has 1 amide bonds. The average Bonchev–Trinajstić information content (AvgIpc) is 2.85. The zero-order valence-corrected chi connectivity index (χ0v) is 12.0. The van der Waals surface area contributed by atoms with Gasteiger partial charge in [0.1, 0.15) is 0 Å². The highest BCUT2D eigenvalue weighted by atomic mass is 32.2. The van der Waals surface area contributed by atoms with Gasteiger partial charge in [-0.05, 0) is 37.9 Å². The summed E-state index contributed by atoms with van der Waals surface area (Å²) >= 11 is 1.79. The monoisotopic (exact) mass is 276 g/mol. The molecule has 3 unspecified atom stereocenters. The Morgan fingerprint density at radius 1 is 1.42 bits per heavy atom. The van der Waals surface area contributed by atoms with Gasteiger partial charge < -0.3 is 10.6 Å². The highest BCUT2D eigenvalue weighted by Crippen LogP contribution is 2.39. The SMILES string of the molecule is CC1NCCCC1NC(=O)C1CSc2ccccc21. The highest BCUT2D eigenvalue weighted by molar-refractivity contribution is 7.99. The molecule has 1 aromatic rings. The summed E-state index contributed by atoms with van der Waals surface area (Å²) in [5.41, 5.74) is 1.20. The van der Waals surface area contributed by atoms with Gasteiger partial charge in [-0.3, -0.25) is 4.79 Å². The number of thioether (sulfide) groups is 1. The molecule has 0 spiro atoms. The summed E-state index contributed by atoms with van der Waals surface area (Å²) in [7, 11) is 0. The standard InChI is InChI=1S/C15H20N2OS/c1-10-13(6-4-8-16-10)17-15(18)12-9-19-14-7-3-2-5-11(12)14/h2-3,5,7,10,12-13,16H,4,6,8-9H2,1H3,(H,17,18). The Labute approximate surface area is 118 Å². The largest absolute Gasteiger partial charge is 0.351 e. The first-order valence-corrected chi connectivity index (χ1v) is 8.00. The van der Waals surface area contributed by atoms with Gasteiger partial charge in [0.05, 0.1) is 5.92 Å². The lowest BCUT2D eigenvalue weighted by Gasteiger charge is -2.31. The van der Waals surface area contributed by atoms with E-state index in [2.05, 4.69) is 29.7 Å². The maximum atomic E-state index is 12.5. The van der Waals surface area contributed by atoms with Gasteiger partial charge in [-0.2, -0.15) is 0 Å². The second kappa shape index (κ2) is 5.55. The molecule has 1 saturated heterocycles. The molecule has 19 heavy (non-hydrogen) atoms. The van der Waals surface area contributed by atoms with Crippen LogP contribution < -0.4 is 10.6 Å². The summed E-state index contributed by atoms with van der Waals surface area (Å²) in [4.78, 5) is 13.7.